The molecule has 6 rings (SSSR count). The number of nitrogen functional groups attached to an aromatic ring is 1. The number of imidazole rings is 1. The van der Waals surface area contributed by atoms with Crippen LogP contribution >= 0.6 is 0 Å². The van der Waals surface area contributed by atoms with Gasteiger partial charge in [-0.05, 0) is 31.0 Å². The highest BCUT2D eigenvalue weighted by molar-refractivity contribution is 6.04. The largest absolute Gasteiger partial charge is 0.475 e. The SMILES string of the molecule is [C-]#[N+]c1cc2nc(N)c3cncn3c2cc1C(=O)N(C1CC1)[C@@H]1COc2ncc(C(F)(F)F)cc21. The molecule has 0 unspecified atom stereocenters. The molecule has 1 aliphatic carbocycles. The van der Waals surface area contributed by atoms with E-state index in [4.69, 9.17) is 17.0 Å². The Kier molecular flexibility index (Phi) is 4.41. The summed E-state index contributed by atoms with van der Waals surface area (Å²) >= 11 is 0. The van der Waals surface area contributed by atoms with E-state index >= 15 is 0 Å². The van der Waals surface area contributed by atoms with E-state index in [9.17, 15) is 18.0 Å². The number of carbonyl (C=O) groups excluding carboxylic acids is 1. The fourth-order valence-electron chi connectivity index (χ4n) is 4.49. The Morgan fingerprint density at radius 3 is 2.74 bits per heavy atom. The number of hydrogen-bond donors (Lipinski definition) is 1. The fourth-order valence-corrected chi connectivity index (χ4v) is 4.49. The molecule has 1 amide bonds. The minimum Gasteiger partial charge on any atom is -0.475 e. The van der Waals surface area contributed by atoms with Crippen molar-refractivity contribution < 1.29 is 22.7 Å². The van der Waals surface area contributed by atoms with Gasteiger partial charge < -0.3 is 15.4 Å². The quantitative estimate of drug-likeness (QED) is 0.443. The normalized spacial score (nSPS) is 17.3. The Bertz CT molecular complexity index is 1570. The van der Waals surface area contributed by atoms with Crippen molar-refractivity contribution in [2.75, 3.05) is 12.3 Å². The van der Waals surface area contributed by atoms with Gasteiger partial charge in [0.25, 0.3) is 0 Å². The average Bonchev–Trinajstić information content (AvgIpc) is 3.37. The van der Waals surface area contributed by atoms with Gasteiger partial charge in [0.2, 0.25) is 17.5 Å². The number of ether oxygens (including phenoxy) is 1. The summed E-state index contributed by atoms with van der Waals surface area (Å²) in [5.41, 5.74) is 6.98. The van der Waals surface area contributed by atoms with E-state index < -0.39 is 23.7 Å². The predicted octanol–water partition coefficient (Wildman–Crippen LogP) is 4.17. The van der Waals surface area contributed by atoms with Crippen LogP contribution in [0.3, 0.4) is 0 Å². The van der Waals surface area contributed by atoms with Crippen LogP contribution in [0.4, 0.5) is 24.7 Å². The number of nitrogens with zero attached hydrogens (tertiary/aromatic N) is 6. The Balaban J connectivity index is 1.48. The summed E-state index contributed by atoms with van der Waals surface area (Å²) in [5.74, 6) is -0.160. The third kappa shape index (κ3) is 3.30. The van der Waals surface area contributed by atoms with E-state index in [0.717, 1.165) is 12.3 Å². The van der Waals surface area contributed by atoms with E-state index in [1.807, 2.05) is 0 Å². The van der Waals surface area contributed by atoms with E-state index in [0.29, 0.717) is 29.4 Å². The van der Waals surface area contributed by atoms with Crippen molar-refractivity contribution in [2.24, 2.45) is 0 Å². The van der Waals surface area contributed by atoms with Crippen molar-refractivity contribution in [3.63, 3.8) is 0 Å². The number of alkyl halides is 3. The van der Waals surface area contributed by atoms with Gasteiger partial charge in [0, 0.05) is 23.4 Å². The maximum Gasteiger partial charge on any atom is 0.417 e. The van der Waals surface area contributed by atoms with Gasteiger partial charge in [0.1, 0.15) is 17.9 Å². The third-order valence-electron chi connectivity index (χ3n) is 6.30. The molecular formula is C23H16F3N7O2. The summed E-state index contributed by atoms with van der Waals surface area (Å²) in [6.45, 7) is 7.63. The molecule has 1 saturated carbocycles. The van der Waals surface area contributed by atoms with E-state index in [1.54, 1.807) is 16.7 Å². The maximum absolute atomic E-state index is 13.9. The van der Waals surface area contributed by atoms with Crippen molar-refractivity contribution in [1.29, 1.82) is 0 Å². The van der Waals surface area contributed by atoms with Crippen LogP contribution in [0.1, 0.15) is 40.4 Å². The van der Waals surface area contributed by atoms with Gasteiger partial charge in [-0.1, -0.05) is 0 Å². The van der Waals surface area contributed by atoms with Gasteiger partial charge in [0.15, 0.2) is 0 Å². The van der Waals surface area contributed by atoms with E-state index in [2.05, 4.69) is 19.8 Å². The van der Waals surface area contributed by atoms with Crippen LogP contribution in [0.15, 0.2) is 36.9 Å². The zero-order valence-corrected chi connectivity index (χ0v) is 18.0. The highest BCUT2D eigenvalue weighted by Crippen LogP contribution is 2.44. The van der Waals surface area contributed by atoms with Gasteiger partial charge in [-0.15, -0.1) is 0 Å². The third-order valence-corrected chi connectivity index (χ3v) is 6.30. The first-order valence-corrected chi connectivity index (χ1v) is 10.7. The number of rotatable bonds is 3. The lowest BCUT2D eigenvalue weighted by molar-refractivity contribution is -0.137. The number of amides is 1. The van der Waals surface area contributed by atoms with Gasteiger partial charge >= 0.3 is 6.18 Å². The van der Waals surface area contributed by atoms with Crippen LogP contribution in [0.2, 0.25) is 0 Å². The van der Waals surface area contributed by atoms with E-state index in [-0.39, 0.29) is 41.2 Å². The molecule has 0 saturated heterocycles. The number of aromatic nitrogens is 4. The molecule has 35 heavy (non-hydrogen) atoms. The molecule has 1 atom stereocenters. The van der Waals surface area contributed by atoms with Crippen LogP contribution < -0.4 is 10.5 Å². The number of carbonyl (C=O) groups is 1. The number of benzene rings is 1. The predicted molar refractivity (Wildman–Crippen MR) is 118 cm³/mol. The molecule has 1 aromatic carbocycles. The second-order valence-corrected chi connectivity index (χ2v) is 8.50. The van der Waals surface area contributed by atoms with Crippen molar-refractivity contribution in [3.05, 3.63) is 65.0 Å². The number of fused-ring (bicyclic) bond motifs is 4. The zero-order chi connectivity index (χ0) is 24.5. The van der Waals surface area contributed by atoms with Gasteiger partial charge in [0.05, 0.1) is 41.7 Å². The number of nitrogens with two attached hydrogens (primary N) is 1. The maximum atomic E-state index is 13.9. The van der Waals surface area contributed by atoms with Crippen molar-refractivity contribution in [3.8, 4) is 5.88 Å². The second kappa shape index (κ2) is 7.30. The lowest BCUT2D eigenvalue weighted by Crippen LogP contribution is -2.37. The lowest BCUT2D eigenvalue weighted by Gasteiger charge is -2.29. The van der Waals surface area contributed by atoms with Crippen molar-refractivity contribution >= 4 is 34.0 Å². The second-order valence-electron chi connectivity index (χ2n) is 8.50. The number of pyridine rings is 1. The molecule has 176 valence electrons. The van der Waals surface area contributed by atoms with Crippen LogP contribution in [0.25, 0.3) is 21.4 Å². The summed E-state index contributed by atoms with van der Waals surface area (Å²) in [6.07, 6.45) is 0.625. The summed E-state index contributed by atoms with van der Waals surface area (Å²) in [6, 6.07) is 3.10. The van der Waals surface area contributed by atoms with Crippen molar-refractivity contribution in [1.82, 2.24) is 24.3 Å². The van der Waals surface area contributed by atoms with Crippen LogP contribution in [0, 0.1) is 6.57 Å². The van der Waals surface area contributed by atoms with Gasteiger partial charge in [-0.25, -0.2) is 19.8 Å². The van der Waals surface area contributed by atoms with Crippen molar-refractivity contribution in [2.45, 2.75) is 31.1 Å². The molecule has 4 heterocycles. The number of halogens is 3. The standard InChI is InChI=1S/C23H16F3N7O2/c1-28-15-6-16-17(32-10-29-8-18(32)20(27)31-16)5-13(15)22(34)33(12-2-3-12)19-9-35-21-14(19)4-11(7-30-21)23(24,25)26/h4-8,10,12,19H,2-3,9H2,(H2,27,31)/t19-/m1/s1. The molecule has 1 aliphatic heterocycles. The summed E-state index contributed by atoms with van der Waals surface area (Å²) in [5, 5.41) is 0. The number of hydrogen-bond acceptors (Lipinski definition) is 6. The number of anilines is 1. The van der Waals surface area contributed by atoms with E-state index in [1.165, 1.54) is 17.3 Å². The Hall–Kier alpha value is -4.40. The topological polar surface area (TPSA) is 103 Å². The van der Waals surface area contributed by atoms with Gasteiger partial charge in [-0.2, -0.15) is 13.2 Å². The molecule has 4 aromatic rings. The summed E-state index contributed by atoms with van der Waals surface area (Å²) in [7, 11) is 0. The fraction of sp³-hybridized carbons (Fsp3) is 0.261. The average molecular weight is 479 g/mol. The summed E-state index contributed by atoms with van der Waals surface area (Å²) < 4.78 is 47.2. The Labute approximate surface area is 195 Å². The van der Waals surface area contributed by atoms with Crippen LogP contribution in [0.5, 0.6) is 5.88 Å². The first-order valence-electron chi connectivity index (χ1n) is 10.7. The molecule has 2 N–H and O–H groups in total. The minimum atomic E-state index is -4.58. The molecular weight excluding hydrogens is 463 g/mol. The smallest absolute Gasteiger partial charge is 0.417 e. The molecule has 2 aliphatic rings. The molecule has 1 fully saturated rings. The van der Waals surface area contributed by atoms with Gasteiger partial charge in [-0.3, -0.25) is 9.20 Å². The highest BCUT2D eigenvalue weighted by Gasteiger charge is 2.44. The summed E-state index contributed by atoms with van der Waals surface area (Å²) in [4.78, 5) is 31.2. The zero-order valence-electron chi connectivity index (χ0n) is 18.0. The monoisotopic (exact) mass is 479 g/mol. The Morgan fingerprint density at radius 2 is 2.03 bits per heavy atom. The first-order chi connectivity index (χ1) is 16.8. The molecule has 0 bridgehead atoms. The van der Waals surface area contributed by atoms with Crippen LogP contribution in [-0.2, 0) is 6.18 Å². The minimum absolute atomic E-state index is 0.0172. The molecule has 0 radical (unpaired) electrons. The first kappa shape index (κ1) is 21.2. The molecule has 12 heteroatoms. The molecule has 9 nitrogen and oxygen atoms in total. The molecule has 3 aromatic heterocycles. The lowest BCUT2D eigenvalue weighted by atomic mass is 10.0. The van der Waals surface area contributed by atoms with Crippen LogP contribution in [-0.4, -0.2) is 42.8 Å². The molecule has 0 spiro atoms. The Morgan fingerprint density at radius 1 is 1.23 bits per heavy atom. The highest BCUT2D eigenvalue weighted by atomic mass is 19.4.